The molecule has 2 atom stereocenters. The number of nitrogens with one attached hydrogen (secondary N) is 1. The van der Waals surface area contributed by atoms with Gasteiger partial charge in [-0.15, -0.1) is 0 Å². The van der Waals surface area contributed by atoms with Crippen molar-refractivity contribution in [3.05, 3.63) is 21.8 Å². The van der Waals surface area contributed by atoms with Crippen LogP contribution in [0.3, 0.4) is 0 Å². The minimum Gasteiger partial charge on any atom is -0.365 e. The average molecular weight is 441 g/mol. The Kier molecular flexibility index (Phi) is 5.52. The first-order valence-corrected chi connectivity index (χ1v) is 12.0. The molecule has 0 radical (unpaired) electrons. The second kappa shape index (κ2) is 7.81. The van der Waals surface area contributed by atoms with Gasteiger partial charge in [0.15, 0.2) is 11.5 Å². The van der Waals surface area contributed by atoms with Crippen molar-refractivity contribution in [2.24, 2.45) is 11.8 Å². The number of hydrogen-bond donors (Lipinski definition) is 1. The summed E-state index contributed by atoms with van der Waals surface area (Å²) < 4.78 is 27.3. The topological polar surface area (TPSA) is 110 Å². The van der Waals surface area contributed by atoms with Crippen LogP contribution in [0.4, 0.5) is 5.82 Å². The Morgan fingerprint density at radius 3 is 2.76 bits per heavy atom. The van der Waals surface area contributed by atoms with Gasteiger partial charge >= 0.3 is 0 Å². The smallest absolute Gasteiger partial charge is 0.295 e. The molecule has 0 bridgehead atoms. The van der Waals surface area contributed by atoms with Crippen molar-refractivity contribution in [2.45, 2.75) is 39.2 Å². The SMILES string of the molecule is CCS(=O)(=O)N1CCC(CNc2nc3cnc(Cl)nc3n([C@@H](C)C3CC3)c2=O)C1. The standard InChI is InChI=1S/C18H25ClN6O3S/c1-3-29(27,28)24-7-6-12(10-24)8-20-15-17(26)25(11(2)13-4-5-13)16-14(22-15)9-21-18(19)23-16/h9,11-13H,3-8,10H2,1-2H3,(H,20,22)/t11-,12?/m0/s1. The van der Waals surface area contributed by atoms with Crippen molar-refractivity contribution < 1.29 is 8.42 Å². The summed E-state index contributed by atoms with van der Waals surface area (Å²) in [7, 11) is -3.18. The van der Waals surface area contributed by atoms with Crippen LogP contribution in [-0.2, 0) is 10.0 Å². The molecule has 4 rings (SSSR count). The van der Waals surface area contributed by atoms with E-state index < -0.39 is 10.0 Å². The molecule has 1 aliphatic heterocycles. The van der Waals surface area contributed by atoms with Crippen LogP contribution >= 0.6 is 11.6 Å². The Hall–Kier alpha value is -1.78. The molecular weight excluding hydrogens is 416 g/mol. The second-order valence-corrected chi connectivity index (χ2v) is 10.5. The third-order valence-corrected chi connectivity index (χ3v) is 7.91. The van der Waals surface area contributed by atoms with Crippen LogP contribution in [0.25, 0.3) is 11.2 Å². The summed E-state index contributed by atoms with van der Waals surface area (Å²) in [6.07, 6.45) is 4.45. The molecule has 0 spiro atoms. The first kappa shape index (κ1) is 20.5. The fraction of sp³-hybridized carbons (Fsp3) is 0.667. The molecule has 1 aliphatic carbocycles. The van der Waals surface area contributed by atoms with E-state index in [2.05, 4.69) is 20.3 Å². The highest BCUT2D eigenvalue weighted by Gasteiger charge is 2.33. The van der Waals surface area contributed by atoms with Crippen LogP contribution in [0.15, 0.2) is 11.0 Å². The number of rotatable bonds is 7. The van der Waals surface area contributed by atoms with Crippen molar-refractivity contribution >= 4 is 38.6 Å². The number of halogens is 1. The molecule has 158 valence electrons. The molecular formula is C18H25ClN6O3S. The maximum Gasteiger partial charge on any atom is 0.295 e. The van der Waals surface area contributed by atoms with Gasteiger partial charge in [0.05, 0.1) is 11.9 Å². The number of anilines is 1. The van der Waals surface area contributed by atoms with Crippen molar-refractivity contribution in [3.8, 4) is 0 Å². The molecule has 1 unspecified atom stereocenters. The predicted octanol–water partition coefficient (Wildman–Crippen LogP) is 1.89. The van der Waals surface area contributed by atoms with Crippen LogP contribution in [-0.4, -0.2) is 57.6 Å². The van der Waals surface area contributed by atoms with E-state index in [0.717, 1.165) is 19.3 Å². The lowest BCUT2D eigenvalue weighted by Crippen LogP contribution is -2.32. The van der Waals surface area contributed by atoms with E-state index in [-0.39, 0.29) is 34.4 Å². The normalized spacial score (nSPS) is 21.6. The van der Waals surface area contributed by atoms with Gasteiger partial charge < -0.3 is 5.32 Å². The van der Waals surface area contributed by atoms with Gasteiger partial charge in [-0.2, -0.15) is 4.98 Å². The van der Waals surface area contributed by atoms with Crippen LogP contribution in [0.2, 0.25) is 5.28 Å². The van der Waals surface area contributed by atoms with Crippen molar-refractivity contribution in [1.29, 1.82) is 0 Å². The second-order valence-electron chi connectivity index (χ2n) is 7.86. The van der Waals surface area contributed by atoms with Crippen molar-refractivity contribution in [1.82, 2.24) is 23.8 Å². The third kappa shape index (κ3) is 4.10. The van der Waals surface area contributed by atoms with Gasteiger partial charge in [-0.1, -0.05) is 0 Å². The van der Waals surface area contributed by atoms with E-state index >= 15 is 0 Å². The Balaban J connectivity index is 1.59. The maximum atomic E-state index is 13.2. The first-order valence-electron chi connectivity index (χ1n) is 9.96. The van der Waals surface area contributed by atoms with Crippen LogP contribution in [0.5, 0.6) is 0 Å². The Morgan fingerprint density at radius 2 is 2.07 bits per heavy atom. The molecule has 2 aliphatic rings. The van der Waals surface area contributed by atoms with Gasteiger partial charge in [-0.25, -0.2) is 22.7 Å². The van der Waals surface area contributed by atoms with E-state index in [0.29, 0.717) is 36.7 Å². The average Bonchev–Trinajstić information content (AvgIpc) is 3.43. The fourth-order valence-corrected chi connectivity index (χ4v) is 5.22. The molecule has 3 heterocycles. The lowest BCUT2D eigenvalue weighted by molar-refractivity contribution is 0.462. The number of fused-ring (bicyclic) bond motifs is 1. The molecule has 1 saturated carbocycles. The maximum absolute atomic E-state index is 13.2. The zero-order valence-corrected chi connectivity index (χ0v) is 18.1. The van der Waals surface area contributed by atoms with Crippen LogP contribution in [0.1, 0.15) is 39.2 Å². The summed E-state index contributed by atoms with van der Waals surface area (Å²) in [6, 6.07) is -0.00353. The van der Waals surface area contributed by atoms with Crippen molar-refractivity contribution in [2.75, 3.05) is 30.7 Å². The largest absolute Gasteiger partial charge is 0.365 e. The van der Waals surface area contributed by atoms with Gasteiger partial charge in [0.2, 0.25) is 15.3 Å². The summed E-state index contributed by atoms with van der Waals surface area (Å²) >= 11 is 5.96. The predicted molar refractivity (Wildman–Crippen MR) is 112 cm³/mol. The first-order chi connectivity index (χ1) is 13.8. The molecule has 2 aromatic heterocycles. The fourth-order valence-electron chi connectivity index (χ4n) is 3.90. The molecule has 0 aromatic carbocycles. The summed E-state index contributed by atoms with van der Waals surface area (Å²) in [5, 5.41) is 3.23. The number of sulfonamides is 1. The van der Waals surface area contributed by atoms with E-state index in [4.69, 9.17) is 11.6 Å². The Bertz CT molecular complexity index is 1080. The van der Waals surface area contributed by atoms with Crippen LogP contribution in [0, 0.1) is 11.8 Å². The van der Waals surface area contributed by atoms with Gasteiger partial charge in [0, 0.05) is 25.7 Å². The molecule has 0 amide bonds. The van der Waals surface area contributed by atoms with E-state index in [1.165, 1.54) is 10.5 Å². The minimum atomic E-state index is -3.18. The summed E-state index contributed by atoms with van der Waals surface area (Å²) in [5.74, 6) is 0.922. The molecule has 11 heteroatoms. The number of nitrogens with zero attached hydrogens (tertiary/aromatic N) is 5. The minimum absolute atomic E-state index is 0.00353. The summed E-state index contributed by atoms with van der Waals surface area (Å²) in [4.78, 5) is 25.8. The van der Waals surface area contributed by atoms with Gasteiger partial charge in [0.25, 0.3) is 5.56 Å². The van der Waals surface area contributed by atoms with E-state index in [1.807, 2.05) is 6.92 Å². The van der Waals surface area contributed by atoms with Gasteiger partial charge in [-0.3, -0.25) is 9.36 Å². The Labute approximate surface area is 174 Å². The van der Waals surface area contributed by atoms with Crippen LogP contribution < -0.4 is 10.9 Å². The van der Waals surface area contributed by atoms with E-state index in [1.54, 1.807) is 11.5 Å². The molecule has 29 heavy (non-hydrogen) atoms. The van der Waals surface area contributed by atoms with Gasteiger partial charge in [-0.05, 0) is 56.5 Å². The molecule has 1 N–H and O–H groups in total. The summed E-state index contributed by atoms with van der Waals surface area (Å²) in [5.41, 5.74) is 0.717. The van der Waals surface area contributed by atoms with E-state index in [9.17, 15) is 13.2 Å². The third-order valence-electron chi connectivity index (χ3n) is 5.88. The molecule has 2 aromatic rings. The molecule has 1 saturated heterocycles. The lowest BCUT2D eigenvalue weighted by atomic mass is 10.1. The highest BCUT2D eigenvalue weighted by molar-refractivity contribution is 7.89. The lowest BCUT2D eigenvalue weighted by Gasteiger charge is -2.19. The zero-order valence-electron chi connectivity index (χ0n) is 16.5. The highest BCUT2D eigenvalue weighted by atomic mass is 35.5. The summed E-state index contributed by atoms with van der Waals surface area (Å²) in [6.45, 7) is 5.13. The number of hydrogen-bond acceptors (Lipinski definition) is 7. The molecule has 2 fully saturated rings. The quantitative estimate of drug-likeness (QED) is 0.654. The molecule has 9 nitrogen and oxygen atoms in total. The van der Waals surface area contributed by atoms with Gasteiger partial charge in [0.1, 0.15) is 5.52 Å². The monoisotopic (exact) mass is 440 g/mol. The number of aromatic nitrogens is 4. The Morgan fingerprint density at radius 1 is 1.31 bits per heavy atom. The zero-order chi connectivity index (χ0) is 20.8. The van der Waals surface area contributed by atoms with Crippen molar-refractivity contribution in [3.63, 3.8) is 0 Å². The highest BCUT2D eigenvalue weighted by Crippen LogP contribution is 2.39.